The van der Waals surface area contributed by atoms with E-state index in [-0.39, 0.29) is 11.3 Å². The molecule has 114 valence electrons. The molecule has 1 aliphatic rings. The second-order valence-corrected chi connectivity index (χ2v) is 5.11. The molecule has 0 fully saturated rings. The minimum Gasteiger partial charge on any atom is -0.493 e. The number of rotatable bonds is 4. The molecule has 0 unspecified atom stereocenters. The fourth-order valence-corrected chi connectivity index (χ4v) is 2.77. The molecule has 2 N–H and O–H groups in total. The number of hydrogen-bond donors (Lipinski definition) is 2. The van der Waals surface area contributed by atoms with Crippen molar-refractivity contribution in [1.29, 1.82) is 0 Å². The Bertz CT molecular complexity index is 740. The number of benzene rings is 2. The number of methoxy groups -OCH3 is 2. The lowest BCUT2D eigenvalue weighted by Gasteiger charge is -2.13. The molecule has 0 saturated heterocycles. The number of carboxylic acids is 1. The van der Waals surface area contributed by atoms with Crippen LogP contribution in [-0.4, -0.2) is 31.8 Å². The van der Waals surface area contributed by atoms with Crippen LogP contribution in [0.3, 0.4) is 0 Å². The third-order valence-corrected chi connectivity index (χ3v) is 3.86. The van der Waals surface area contributed by atoms with E-state index in [4.69, 9.17) is 9.47 Å². The molecule has 3 rings (SSSR count). The average molecular weight is 299 g/mol. The third-order valence-electron chi connectivity index (χ3n) is 3.86. The first-order chi connectivity index (χ1) is 10.6. The minimum absolute atomic E-state index is 0.0930. The maximum Gasteiger partial charge on any atom is 0.339 e. The summed E-state index contributed by atoms with van der Waals surface area (Å²) in [6.45, 7) is 0.936. The highest BCUT2D eigenvalue weighted by atomic mass is 16.5. The summed E-state index contributed by atoms with van der Waals surface area (Å²) in [5.74, 6) is -0.391. The molecular formula is C17H17NO4. The molecule has 0 spiro atoms. The van der Waals surface area contributed by atoms with Crippen molar-refractivity contribution < 1.29 is 19.4 Å². The van der Waals surface area contributed by atoms with Crippen molar-refractivity contribution in [2.45, 2.75) is 6.42 Å². The SMILES string of the molecule is COc1cc(-c2ccc3c(c2)CCN3)cc(C(=O)O)c1OC. The zero-order valence-corrected chi connectivity index (χ0v) is 12.5. The number of anilines is 1. The van der Waals surface area contributed by atoms with E-state index in [1.54, 1.807) is 12.1 Å². The fourth-order valence-electron chi connectivity index (χ4n) is 2.77. The van der Waals surface area contributed by atoms with Crippen LogP contribution in [0.1, 0.15) is 15.9 Å². The first-order valence-corrected chi connectivity index (χ1v) is 7.00. The highest BCUT2D eigenvalue weighted by Gasteiger charge is 2.19. The third kappa shape index (κ3) is 2.35. The predicted molar refractivity (Wildman–Crippen MR) is 84.1 cm³/mol. The van der Waals surface area contributed by atoms with Gasteiger partial charge in [0.25, 0.3) is 0 Å². The number of fused-ring (bicyclic) bond motifs is 1. The van der Waals surface area contributed by atoms with Crippen molar-refractivity contribution in [3.63, 3.8) is 0 Å². The van der Waals surface area contributed by atoms with Crippen molar-refractivity contribution in [1.82, 2.24) is 0 Å². The normalized spacial score (nSPS) is 12.5. The van der Waals surface area contributed by atoms with E-state index in [1.807, 2.05) is 12.1 Å². The zero-order chi connectivity index (χ0) is 15.7. The predicted octanol–water partition coefficient (Wildman–Crippen LogP) is 3.04. The maximum atomic E-state index is 11.5. The lowest BCUT2D eigenvalue weighted by Crippen LogP contribution is -2.03. The number of carbonyl (C=O) groups is 1. The van der Waals surface area contributed by atoms with Crippen LogP contribution < -0.4 is 14.8 Å². The topological polar surface area (TPSA) is 67.8 Å². The molecule has 0 aromatic heterocycles. The Morgan fingerprint density at radius 1 is 1.14 bits per heavy atom. The molecule has 0 radical (unpaired) electrons. The number of carboxylic acid groups (broad SMARTS) is 1. The van der Waals surface area contributed by atoms with Crippen molar-refractivity contribution in [2.75, 3.05) is 26.1 Å². The first kappa shape index (κ1) is 14.3. The van der Waals surface area contributed by atoms with E-state index in [1.165, 1.54) is 19.8 Å². The van der Waals surface area contributed by atoms with Gasteiger partial charge in [0.1, 0.15) is 5.56 Å². The quantitative estimate of drug-likeness (QED) is 0.908. The average Bonchev–Trinajstić information content (AvgIpc) is 3.00. The second-order valence-electron chi connectivity index (χ2n) is 5.11. The Morgan fingerprint density at radius 3 is 2.64 bits per heavy atom. The van der Waals surface area contributed by atoms with Crippen molar-refractivity contribution >= 4 is 11.7 Å². The van der Waals surface area contributed by atoms with Crippen LogP contribution in [0.4, 0.5) is 5.69 Å². The van der Waals surface area contributed by atoms with Crippen molar-refractivity contribution in [3.8, 4) is 22.6 Å². The summed E-state index contributed by atoms with van der Waals surface area (Å²) in [6, 6.07) is 9.50. The summed E-state index contributed by atoms with van der Waals surface area (Å²) in [5, 5.41) is 12.7. The van der Waals surface area contributed by atoms with Gasteiger partial charge in [-0.25, -0.2) is 4.79 Å². The summed E-state index contributed by atoms with van der Waals surface area (Å²) in [4.78, 5) is 11.5. The van der Waals surface area contributed by atoms with Gasteiger partial charge in [0.2, 0.25) is 0 Å². The van der Waals surface area contributed by atoms with Gasteiger partial charge >= 0.3 is 5.97 Å². The Morgan fingerprint density at radius 2 is 1.95 bits per heavy atom. The molecule has 1 aliphatic heterocycles. The summed E-state index contributed by atoms with van der Waals surface area (Å²) in [6.07, 6.45) is 0.974. The van der Waals surface area contributed by atoms with Crippen LogP contribution in [0.15, 0.2) is 30.3 Å². The van der Waals surface area contributed by atoms with Gasteiger partial charge in [0, 0.05) is 12.2 Å². The Kier molecular flexibility index (Phi) is 3.63. The molecule has 5 heteroatoms. The zero-order valence-electron chi connectivity index (χ0n) is 12.5. The summed E-state index contributed by atoms with van der Waals surface area (Å²) in [7, 11) is 2.94. The standard InChI is InChI=1S/C17H17NO4/c1-21-15-9-12(8-13(17(19)20)16(15)22-2)10-3-4-14-11(7-10)5-6-18-14/h3-4,7-9,18H,5-6H2,1-2H3,(H,19,20). The molecule has 2 aromatic carbocycles. The van der Waals surface area contributed by atoms with E-state index in [0.29, 0.717) is 5.75 Å². The highest BCUT2D eigenvalue weighted by molar-refractivity contribution is 5.94. The van der Waals surface area contributed by atoms with E-state index >= 15 is 0 Å². The van der Waals surface area contributed by atoms with Crippen LogP contribution in [-0.2, 0) is 6.42 Å². The molecular weight excluding hydrogens is 282 g/mol. The van der Waals surface area contributed by atoms with Crippen LogP contribution in [0.5, 0.6) is 11.5 Å². The lowest BCUT2D eigenvalue weighted by molar-refractivity contribution is 0.0692. The van der Waals surface area contributed by atoms with Gasteiger partial charge in [0.05, 0.1) is 14.2 Å². The van der Waals surface area contributed by atoms with Gasteiger partial charge in [-0.2, -0.15) is 0 Å². The fraction of sp³-hybridized carbons (Fsp3) is 0.235. The van der Waals surface area contributed by atoms with Crippen molar-refractivity contribution in [3.05, 3.63) is 41.5 Å². The molecule has 0 atom stereocenters. The number of aromatic carboxylic acids is 1. The molecule has 22 heavy (non-hydrogen) atoms. The van der Waals surface area contributed by atoms with Gasteiger partial charge in [0.15, 0.2) is 11.5 Å². The van der Waals surface area contributed by atoms with Gasteiger partial charge in [-0.1, -0.05) is 6.07 Å². The van der Waals surface area contributed by atoms with Crippen LogP contribution >= 0.6 is 0 Å². The van der Waals surface area contributed by atoms with Crippen LogP contribution in [0, 0.1) is 0 Å². The second kappa shape index (κ2) is 5.60. The largest absolute Gasteiger partial charge is 0.493 e. The molecule has 0 aliphatic carbocycles. The monoisotopic (exact) mass is 299 g/mol. The molecule has 0 bridgehead atoms. The number of hydrogen-bond acceptors (Lipinski definition) is 4. The molecule has 2 aromatic rings. The van der Waals surface area contributed by atoms with E-state index in [2.05, 4.69) is 11.4 Å². The highest BCUT2D eigenvalue weighted by Crippen LogP contribution is 2.37. The van der Waals surface area contributed by atoms with Gasteiger partial charge in [-0.05, 0) is 47.4 Å². The van der Waals surface area contributed by atoms with Gasteiger partial charge in [-0.15, -0.1) is 0 Å². The Balaban J connectivity index is 2.14. The molecule has 0 amide bonds. The minimum atomic E-state index is -1.04. The first-order valence-electron chi connectivity index (χ1n) is 7.00. The number of ether oxygens (including phenoxy) is 2. The van der Waals surface area contributed by atoms with Crippen molar-refractivity contribution in [2.24, 2.45) is 0 Å². The van der Waals surface area contributed by atoms with E-state index < -0.39 is 5.97 Å². The Hall–Kier alpha value is -2.69. The maximum absolute atomic E-state index is 11.5. The van der Waals surface area contributed by atoms with Crippen LogP contribution in [0.2, 0.25) is 0 Å². The smallest absolute Gasteiger partial charge is 0.339 e. The summed E-state index contributed by atoms with van der Waals surface area (Å²) < 4.78 is 10.5. The van der Waals surface area contributed by atoms with E-state index in [9.17, 15) is 9.90 Å². The molecule has 0 saturated carbocycles. The van der Waals surface area contributed by atoms with Gasteiger partial charge < -0.3 is 19.9 Å². The summed E-state index contributed by atoms with van der Waals surface area (Å²) in [5.41, 5.74) is 4.23. The molecule has 5 nitrogen and oxygen atoms in total. The van der Waals surface area contributed by atoms with E-state index in [0.717, 1.165) is 29.8 Å². The van der Waals surface area contributed by atoms with Gasteiger partial charge in [-0.3, -0.25) is 0 Å². The number of nitrogens with one attached hydrogen (secondary N) is 1. The molecule has 1 heterocycles. The summed E-state index contributed by atoms with van der Waals surface area (Å²) >= 11 is 0. The van der Waals surface area contributed by atoms with Crippen LogP contribution in [0.25, 0.3) is 11.1 Å². The Labute approximate surface area is 128 Å². The lowest BCUT2D eigenvalue weighted by atomic mass is 9.99.